The molecule has 7 nitrogen and oxygen atoms in total. The second kappa shape index (κ2) is 14.1. The number of amides is 2. The zero-order valence-electron chi connectivity index (χ0n) is 23.5. The van der Waals surface area contributed by atoms with Gasteiger partial charge in [-0.1, -0.05) is 78.7 Å². The highest BCUT2D eigenvalue weighted by Crippen LogP contribution is 2.36. The molecule has 0 saturated heterocycles. The Hall–Kier alpha value is -3.57. The molecular formula is C30H33ClF3N3O4S. The van der Waals surface area contributed by atoms with Gasteiger partial charge in [0.15, 0.2) is 0 Å². The van der Waals surface area contributed by atoms with E-state index in [9.17, 15) is 31.2 Å². The molecule has 3 aromatic carbocycles. The van der Waals surface area contributed by atoms with Gasteiger partial charge >= 0.3 is 6.18 Å². The number of benzene rings is 3. The minimum absolute atomic E-state index is 0.0515. The number of rotatable bonds is 12. The minimum atomic E-state index is -4.78. The molecule has 0 unspecified atom stereocenters. The molecule has 1 atom stereocenters. The summed E-state index contributed by atoms with van der Waals surface area (Å²) in [6, 6.07) is 17.5. The van der Waals surface area contributed by atoms with Crippen LogP contribution >= 0.6 is 11.6 Å². The molecule has 0 fully saturated rings. The van der Waals surface area contributed by atoms with Crippen LogP contribution in [0.1, 0.15) is 35.6 Å². The van der Waals surface area contributed by atoms with Crippen molar-refractivity contribution < 1.29 is 31.2 Å². The summed E-state index contributed by atoms with van der Waals surface area (Å²) in [6.45, 7) is 3.20. The van der Waals surface area contributed by atoms with E-state index in [2.05, 4.69) is 5.32 Å². The lowest BCUT2D eigenvalue weighted by Crippen LogP contribution is -2.53. The first kappa shape index (κ1) is 32.9. The van der Waals surface area contributed by atoms with E-state index in [1.54, 1.807) is 36.4 Å². The van der Waals surface area contributed by atoms with Crippen molar-refractivity contribution in [3.8, 4) is 0 Å². The number of alkyl halides is 3. The third-order valence-electron chi connectivity index (χ3n) is 6.52. The summed E-state index contributed by atoms with van der Waals surface area (Å²) in [7, 11) is -4.30. The number of nitrogens with one attached hydrogen (secondary N) is 1. The molecule has 12 heteroatoms. The quantitative estimate of drug-likeness (QED) is 0.285. The molecule has 0 aliphatic heterocycles. The maximum absolute atomic E-state index is 14.0. The lowest BCUT2D eigenvalue weighted by Gasteiger charge is -2.33. The van der Waals surface area contributed by atoms with E-state index in [4.69, 9.17) is 11.6 Å². The highest BCUT2D eigenvalue weighted by Gasteiger charge is 2.35. The van der Waals surface area contributed by atoms with Crippen molar-refractivity contribution in [2.24, 2.45) is 0 Å². The molecule has 0 heterocycles. The Balaban J connectivity index is 2.09. The SMILES string of the molecule is CCCNC(=O)[C@@H](Cc1ccccc1)N(Cc1ccc(C)cc1)C(=O)CN(c1cc(C(F)(F)F)ccc1Cl)S(C)(=O)=O. The first-order valence-corrected chi connectivity index (χ1v) is 15.4. The maximum atomic E-state index is 14.0. The number of sulfonamides is 1. The van der Waals surface area contributed by atoms with Gasteiger partial charge in [-0.15, -0.1) is 0 Å². The summed E-state index contributed by atoms with van der Waals surface area (Å²) >= 11 is 6.17. The molecule has 2 amide bonds. The van der Waals surface area contributed by atoms with E-state index in [0.29, 0.717) is 28.9 Å². The van der Waals surface area contributed by atoms with Gasteiger partial charge in [0.05, 0.1) is 22.5 Å². The monoisotopic (exact) mass is 623 g/mol. The van der Waals surface area contributed by atoms with Crippen molar-refractivity contribution in [2.75, 3.05) is 23.7 Å². The van der Waals surface area contributed by atoms with E-state index in [1.807, 2.05) is 32.0 Å². The fourth-order valence-corrected chi connectivity index (χ4v) is 5.41. The molecule has 42 heavy (non-hydrogen) atoms. The van der Waals surface area contributed by atoms with Crippen molar-refractivity contribution in [3.05, 3.63) is 100 Å². The van der Waals surface area contributed by atoms with Crippen LogP contribution in [0.5, 0.6) is 0 Å². The number of aryl methyl sites for hydroxylation is 1. The molecule has 0 aromatic heterocycles. The van der Waals surface area contributed by atoms with Crippen molar-refractivity contribution in [1.29, 1.82) is 0 Å². The maximum Gasteiger partial charge on any atom is 0.416 e. The first-order chi connectivity index (χ1) is 19.7. The van der Waals surface area contributed by atoms with Crippen molar-refractivity contribution in [2.45, 2.75) is 45.5 Å². The Bertz CT molecular complexity index is 1480. The van der Waals surface area contributed by atoms with Crippen LogP contribution in [0.4, 0.5) is 18.9 Å². The Labute approximate surface area is 249 Å². The molecule has 0 aliphatic carbocycles. The van der Waals surface area contributed by atoms with Crippen molar-refractivity contribution in [3.63, 3.8) is 0 Å². The van der Waals surface area contributed by atoms with Gasteiger partial charge in [0, 0.05) is 19.5 Å². The summed E-state index contributed by atoms with van der Waals surface area (Å²) in [5.41, 5.74) is 0.795. The topological polar surface area (TPSA) is 86.8 Å². The number of carbonyl (C=O) groups is 2. The zero-order valence-corrected chi connectivity index (χ0v) is 25.1. The molecule has 3 aromatic rings. The molecule has 0 spiro atoms. The van der Waals surface area contributed by atoms with Crippen molar-refractivity contribution in [1.82, 2.24) is 10.2 Å². The molecule has 0 bridgehead atoms. The van der Waals surface area contributed by atoms with Gasteiger partial charge in [0.1, 0.15) is 12.6 Å². The lowest BCUT2D eigenvalue weighted by atomic mass is 10.0. The number of nitrogens with zero attached hydrogens (tertiary/aromatic N) is 2. The molecular weight excluding hydrogens is 591 g/mol. The number of halogens is 4. The third-order valence-corrected chi connectivity index (χ3v) is 7.96. The van der Waals surface area contributed by atoms with Crippen LogP contribution in [0.15, 0.2) is 72.8 Å². The van der Waals surface area contributed by atoms with Gasteiger partial charge in [-0.25, -0.2) is 8.42 Å². The van der Waals surface area contributed by atoms with Gasteiger partial charge in [0.2, 0.25) is 21.8 Å². The Kier molecular flexibility index (Phi) is 11.0. The van der Waals surface area contributed by atoms with E-state index < -0.39 is 51.9 Å². The fraction of sp³-hybridized carbons (Fsp3) is 0.333. The standard InChI is InChI=1S/C30H33ClF3N3O4S/c1-4-16-35-29(39)27(17-22-8-6-5-7-9-22)36(19-23-12-10-21(2)11-13-23)28(38)20-37(42(3,40)41)26-18-24(30(32,33)34)14-15-25(26)31/h5-15,18,27H,4,16-17,19-20H2,1-3H3,(H,35,39)/t27-/m1/s1. The summed E-state index contributed by atoms with van der Waals surface area (Å²) in [4.78, 5) is 28.8. The van der Waals surface area contributed by atoms with E-state index >= 15 is 0 Å². The van der Waals surface area contributed by atoms with Crippen LogP contribution in [-0.2, 0) is 38.8 Å². The number of anilines is 1. The number of hydrogen-bond acceptors (Lipinski definition) is 4. The average molecular weight is 624 g/mol. The second-order valence-electron chi connectivity index (χ2n) is 9.94. The third kappa shape index (κ3) is 8.96. The predicted octanol–water partition coefficient (Wildman–Crippen LogP) is 5.60. The summed E-state index contributed by atoms with van der Waals surface area (Å²) in [5, 5.41) is 2.54. The van der Waals surface area contributed by atoms with Gasteiger partial charge < -0.3 is 10.2 Å². The van der Waals surface area contributed by atoms with Gasteiger partial charge in [0.25, 0.3) is 0 Å². The van der Waals surface area contributed by atoms with Crippen molar-refractivity contribution >= 4 is 39.1 Å². The highest BCUT2D eigenvalue weighted by atomic mass is 35.5. The van der Waals surface area contributed by atoms with Gasteiger partial charge in [-0.3, -0.25) is 13.9 Å². The van der Waals surface area contributed by atoms with Crippen LogP contribution < -0.4 is 9.62 Å². The molecule has 226 valence electrons. The lowest BCUT2D eigenvalue weighted by molar-refractivity contribution is -0.140. The van der Waals surface area contributed by atoms with E-state index in [-0.39, 0.29) is 18.0 Å². The average Bonchev–Trinajstić information content (AvgIpc) is 2.93. The number of carbonyl (C=O) groups excluding carboxylic acids is 2. The molecule has 0 radical (unpaired) electrons. The first-order valence-electron chi connectivity index (χ1n) is 13.2. The zero-order chi connectivity index (χ0) is 31.1. The second-order valence-corrected chi connectivity index (χ2v) is 12.3. The normalized spacial score (nSPS) is 12.5. The van der Waals surface area contributed by atoms with Gasteiger partial charge in [-0.2, -0.15) is 13.2 Å². The van der Waals surface area contributed by atoms with Crippen LogP contribution in [0.25, 0.3) is 0 Å². The molecule has 0 aliphatic rings. The fourth-order valence-electron chi connectivity index (χ4n) is 4.29. The smallest absolute Gasteiger partial charge is 0.354 e. The minimum Gasteiger partial charge on any atom is -0.354 e. The highest BCUT2D eigenvalue weighted by molar-refractivity contribution is 7.92. The Morgan fingerprint density at radius 2 is 1.62 bits per heavy atom. The van der Waals surface area contributed by atoms with E-state index in [0.717, 1.165) is 29.5 Å². The van der Waals surface area contributed by atoms with E-state index in [1.165, 1.54) is 4.90 Å². The largest absolute Gasteiger partial charge is 0.416 e. The van der Waals surface area contributed by atoms with Crippen LogP contribution in [0.3, 0.4) is 0 Å². The van der Waals surface area contributed by atoms with Crippen LogP contribution in [0.2, 0.25) is 5.02 Å². The Morgan fingerprint density at radius 3 is 2.19 bits per heavy atom. The Morgan fingerprint density at radius 1 is 0.976 bits per heavy atom. The summed E-state index contributed by atoms with van der Waals surface area (Å²) in [5.74, 6) is -1.23. The van der Waals surface area contributed by atoms with Gasteiger partial charge in [-0.05, 0) is 42.7 Å². The summed E-state index contributed by atoms with van der Waals surface area (Å²) < 4.78 is 66.8. The summed E-state index contributed by atoms with van der Waals surface area (Å²) in [6.07, 6.45) is -3.23. The number of hydrogen-bond donors (Lipinski definition) is 1. The molecule has 0 saturated carbocycles. The molecule has 3 rings (SSSR count). The predicted molar refractivity (Wildman–Crippen MR) is 158 cm³/mol. The van der Waals surface area contributed by atoms with Crippen LogP contribution in [0, 0.1) is 6.92 Å². The molecule has 1 N–H and O–H groups in total. The van der Waals surface area contributed by atoms with Crippen LogP contribution in [-0.4, -0.2) is 50.5 Å².